The summed E-state index contributed by atoms with van der Waals surface area (Å²) in [6.07, 6.45) is 0.721. The molecule has 0 aliphatic carbocycles. The number of benzene rings is 1. The average Bonchev–Trinajstić information content (AvgIpc) is 3.03. The predicted octanol–water partition coefficient (Wildman–Crippen LogP) is 0.953. The highest BCUT2D eigenvalue weighted by Gasteiger charge is 2.13. The van der Waals surface area contributed by atoms with Gasteiger partial charge in [-0.25, -0.2) is 14.6 Å². The van der Waals surface area contributed by atoms with E-state index in [1.165, 1.54) is 4.57 Å². The Labute approximate surface area is 140 Å². The van der Waals surface area contributed by atoms with Crippen molar-refractivity contribution in [2.24, 2.45) is 0 Å². The van der Waals surface area contributed by atoms with E-state index in [-0.39, 0.29) is 5.52 Å². The van der Waals surface area contributed by atoms with Gasteiger partial charge in [0, 0.05) is 12.1 Å². The first-order chi connectivity index (χ1) is 12.0. The molecule has 0 spiro atoms. The third-order valence-electron chi connectivity index (χ3n) is 3.57. The smallest absolute Gasteiger partial charge is 0.341 e. The maximum atomic E-state index is 12.0. The lowest BCUT2D eigenvalue weighted by Crippen LogP contribution is -2.30. The van der Waals surface area contributed by atoms with Gasteiger partial charge in [-0.05, 0) is 30.7 Å². The van der Waals surface area contributed by atoms with E-state index in [0.29, 0.717) is 29.3 Å². The molecule has 0 aliphatic heterocycles. The molecule has 0 radical (unpaired) electrons. The number of aromatic amines is 2. The molecule has 130 valence electrons. The normalized spacial score (nSPS) is 10.9. The van der Waals surface area contributed by atoms with Crippen molar-refractivity contribution in [3.8, 4) is 17.1 Å². The van der Waals surface area contributed by atoms with Crippen LogP contribution in [0.3, 0.4) is 0 Å². The van der Waals surface area contributed by atoms with Crippen LogP contribution in [0.5, 0.6) is 5.75 Å². The first kappa shape index (κ1) is 16.5. The van der Waals surface area contributed by atoms with E-state index >= 15 is 0 Å². The quantitative estimate of drug-likeness (QED) is 0.610. The average molecular weight is 344 g/mol. The number of ether oxygens (including phenoxy) is 1. The molecule has 0 fully saturated rings. The second kappa shape index (κ2) is 6.63. The van der Waals surface area contributed by atoms with Crippen LogP contribution < -0.4 is 16.0 Å². The Hall–Kier alpha value is -3.36. The molecule has 25 heavy (non-hydrogen) atoms. The molecule has 0 unspecified atom stereocenters. The van der Waals surface area contributed by atoms with E-state index in [2.05, 4.69) is 15.0 Å². The van der Waals surface area contributed by atoms with Gasteiger partial charge in [0.25, 0.3) is 5.56 Å². The fourth-order valence-electron chi connectivity index (χ4n) is 2.46. The highest BCUT2D eigenvalue weighted by Crippen LogP contribution is 2.21. The van der Waals surface area contributed by atoms with Crippen LogP contribution in [0.1, 0.15) is 13.3 Å². The van der Waals surface area contributed by atoms with Crippen LogP contribution in [0.2, 0.25) is 0 Å². The molecule has 9 heteroatoms. The van der Waals surface area contributed by atoms with Crippen molar-refractivity contribution in [2.45, 2.75) is 19.9 Å². The van der Waals surface area contributed by atoms with Crippen LogP contribution in [0.25, 0.3) is 22.6 Å². The summed E-state index contributed by atoms with van der Waals surface area (Å²) in [5.74, 6) is -0.224. The molecule has 3 rings (SSSR count). The molecule has 2 aromatic heterocycles. The van der Waals surface area contributed by atoms with E-state index in [9.17, 15) is 14.4 Å². The number of carboxylic acids is 1. The molecular weight excluding hydrogens is 328 g/mol. The lowest BCUT2D eigenvalue weighted by molar-refractivity contribution is -0.139. The van der Waals surface area contributed by atoms with E-state index in [4.69, 9.17) is 9.84 Å². The molecule has 2 heterocycles. The fourth-order valence-corrected chi connectivity index (χ4v) is 2.46. The minimum absolute atomic E-state index is 0.231. The van der Waals surface area contributed by atoms with Crippen molar-refractivity contribution in [1.29, 1.82) is 0 Å². The lowest BCUT2D eigenvalue weighted by atomic mass is 10.2. The van der Waals surface area contributed by atoms with Crippen molar-refractivity contribution in [1.82, 2.24) is 19.5 Å². The molecule has 0 atom stereocenters. The standard InChI is InChI=1S/C16H16N4O5/c1-2-7-20-14-12(15(23)19-16(20)24)17-13(18-14)9-3-5-10(6-4-9)25-8-11(21)22/h3-6H,2,7-8H2,1H3,(H,17,18)(H,21,22)(H,19,23,24). The van der Waals surface area contributed by atoms with E-state index in [1.54, 1.807) is 24.3 Å². The molecule has 0 saturated heterocycles. The van der Waals surface area contributed by atoms with Crippen molar-refractivity contribution >= 4 is 17.1 Å². The minimum atomic E-state index is -1.06. The Morgan fingerprint density at radius 3 is 2.60 bits per heavy atom. The number of carboxylic acid groups (broad SMARTS) is 1. The monoisotopic (exact) mass is 344 g/mol. The molecular formula is C16H16N4O5. The van der Waals surface area contributed by atoms with Crippen LogP contribution in [0, 0.1) is 0 Å². The molecule has 0 saturated carbocycles. The highest BCUT2D eigenvalue weighted by atomic mass is 16.5. The predicted molar refractivity (Wildman–Crippen MR) is 89.8 cm³/mol. The number of aliphatic carboxylic acids is 1. The van der Waals surface area contributed by atoms with Crippen molar-refractivity contribution in [3.63, 3.8) is 0 Å². The van der Waals surface area contributed by atoms with E-state index in [1.807, 2.05) is 6.92 Å². The number of nitrogens with one attached hydrogen (secondary N) is 2. The van der Waals surface area contributed by atoms with Crippen molar-refractivity contribution < 1.29 is 14.6 Å². The molecule has 0 amide bonds. The summed E-state index contributed by atoms with van der Waals surface area (Å²) in [6, 6.07) is 6.58. The van der Waals surface area contributed by atoms with Crippen LogP contribution in [-0.4, -0.2) is 37.2 Å². The summed E-state index contributed by atoms with van der Waals surface area (Å²) in [4.78, 5) is 44.0. The Balaban J connectivity index is 2.00. The van der Waals surface area contributed by atoms with E-state index in [0.717, 1.165) is 6.42 Å². The van der Waals surface area contributed by atoms with Gasteiger partial charge in [-0.1, -0.05) is 6.92 Å². The van der Waals surface area contributed by atoms with Gasteiger partial charge >= 0.3 is 11.7 Å². The van der Waals surface area contributed by atoms with Gasteiger partial charge in [-0.15, -0.1) is 0 Å². The van der Waals surface area contributed by atoms with Gasteiger partial charge in [0.15, 0.2) is 12.3 Å². The van der Waals surface area contributed by atoms with Crippen LogP contribution in [0.15, 0.2) is 33.9 Å². The second-order valence-corrected chi connectivity index (χ2v) is 5.40. The SMILES string of the molecule is CCCn1c(=O)[nH]c(=O)c2[nH]c(-c3ccc(OCC(=O)O)cc3)nc21. The van der Waals surface area contributed by atoms with Gasteiger partial charge in [-0.2, -0.15) is 0 Å². The fraction of sp³-hybridized carbons (Fsp3) is 0.250. The summed E-state index contributed by atoms with van der Waals surface area (Å²) < 4.78 is 6.49. The number of carbonyl (C=O) groups is 1. The molecule has 0 bridgehead atoms. The summed E-state index contributed by atoms with van der Waals surface area (Å²) >= 11 is 0. The van der Waals surface area contributed by atoms with Gasteiger partial charge in [0.2, 0.25) is 0 Å². The number of nitrogens with zero attached hydrogens (tertiary/aromatic N) is 2. The maximum Gasteiger partial charge on any atom is 0.341 e. The topological polar surface area (TPSA) is 130 Å². The number of hydrogen-bond donors (Lipinski definition) is 3. The Morgan fingerprint density at radius 2 is 1.96 bits per heavy atom. The Kier molecular flexibility index (Phi) is 4.38. The zero-order chi connectivity index (χ0) is 18.0. The number of fused-ring (bicyclic) bond motifs is 1. The van der Waals surface area contributed by atoms with Crippen molar-refractivity contribution in [2.75, 3.05) is 6.61 Å². The van der Waals surface area contributed by atoms with Gasteiger partial charge in [0.1, 0.15) is 17.1 Å². The Bertz CT molecular complexity index is 1030. The van der Waals surface area contributed by atoms with Crippen molar-refractivity contribution in [3.05, 3.63) is 45.1 Å². The highest BCUT2D eigenvalue weighted by molar-refractivity contribution is 5.75. The minimum Gasteiger partial charge on any atom is -0.482 e. The van der Waals surface area contributed by atoms with Gasteiger partial charge < -0.3 is 14.8 Å². The summed E-state index contributed by atoms with van der Waals surface area (Å²) in [7, 11) is 0. The molecule has 1 aromatic carbocycles. The first-order valence-corrected chi connectivity index (χ1v) is 7.67. The Morgan fingerprint density at radius 1 is 1.24 bits per heavy atom. The number of imidazole rings is 1. The third kappa shape index (κ3) is 3.30. The number of aromatic nitrogens is 4. The zero-order valence-corrected chi connectivity index (χ0v) is 13.4. The van der Waals surface area contributed by atoms with E-state index < -0.39 is 23.8 Å². The molecule has 0 aliphatic rings. The third-order valence-corrected chi connectivity index (χ3v) is 3.57. The second-order valence-electron chi connectivity index (χ2n) is 5.40. The summed E-state index contributed by atoms with van der Waals surface area (Å²) in [5.41, 5.74) is 0.196. The molecule has 3 N–H and O–H groups in total. The largest absolute Gasteiger partial charge is 0.482 e. The van der Waals surface area contributed by atoms with Crippen LogP contribution in [0.4, 0.5) is 0 Å². The number of H-pyrrole nitrogens is 2. The molecule has 9 nitrogen and oxygen atoms in total. The number of hydrogen-bond acceptors (Lipinski definition) is 5. The maximum absolute atomic E-state index is 12.0. The van der Waals surface area contributed by atoms with Gasteiger partial charge in [0.05, 0.1) is 0 Å². The number of rotatable bonds is 6. The zero-order valence-electron chi connectivity index (χ0n) is 13.4. The van der Waals surface area contributed by atoms with Crippen LogP contribution >= 0.6 is 0 Å². The first-order valence-electron chi connectivity index (χ1n) is 7.67. The van der Waals surface area contributed by atoms with Gasteiger partial charge in [-0.3, -0.25) is 14.3 Å². The molecule has 3 aromatic rings. The van der Waals surface area contributed by atoms with Crippen LogP contribution in [-0.2, 0) is 11.3 Å². The lowest BCUT2D eigenvalue weighted by Gasteiger charge is -2.03. The summed E-state index contributed by atoms with van der Waals surface area (Å²) in [5, 5.41) is 8.61. The number of aryl methyl sites for hydroxylation is 1. The summed E-state index contributed by atoms with van der Waals surface area (Å²) in [6.45, 7) is 1.94.